The van der Waals surface area contributed by atoms with Crippen LogP contribution in [0.15, 0.2) is 0 Å². The van der Waals surface area contributed by atoms with Gasteiger partial charge in [0.25, 0.3) is 0 Å². The van der Waals surface area contributed by atoms with Crippen molar-refractivity contribution in [2.75, 3.05) is 13.1 Å². The van der Waals surface area contributed by atoms with Gasteiger partial charge in [0.05, 0.1) is 11.9 Å². The molecule has 0 heterocycles. The average Bonchev–Trinajstić information content (AvgIpc) is 2.15. The van der Waals surface area contributed by atoms with E-state index in [2.05, 4.69) is 0 Å². The van der Waals surface area contributed by atoms with Gasteiger partial charge in [-0.2, -0.15) is 0 Å². The van der Waals surface area contributed by atoms with Gasteiger partial charge in [0.1, 0.15) is 0 Å². The van der Waals surface area contributed by atoms with Crippen molar-refractivity contribution in [3.8, 4) is 0 Å². The van der Waals surface area contributed by atoms with Crippen LogP contribution in [0.2, 0.25) is 0 Å². The molecule has 0 bridgehead atoms. The second-order valence-electron chi connectivity index (χ2n) is 3.50. The van der Waals surface area contributed by atoms with E-state index in [0.29, 0.717) is 0 Å². The normalized spacial score (nSPS) is 11.6. The summed E-state index contributed by atoms with van der Waals surface area (Å²) in [5.74, 6) is -4.68. The number of aliphatic carboxylic acids is 2. The van der Waals surface area contributed by atoms with E-state index in [0.717, 1.165) is 13.1 Å². The second kappa shape index (κ2) is 12.0. The van der Waals surface area contributed by atoms with E-state index in [-0.39, 0.29) is 71.6 Å². The molecule has 0 aliphatic carbocycles. The van der Waals surface area contributed by atoms with Gasteiger partial charge in [-0.3, -0.25) is 0 Å². The third kappa shape index (κ3) is 8.59. The van der Waals surface area contributed by atoms with Crippen LogP contribution in [0.3, 0.4) is 0 Å². The van der Waals surface area contributed by atoms with Crippen molar-refractivity contribution in [1.29, 1.82) is 0 Å². The molecular weight excluding hydrogens is 244 g/mol. The maximum Gasteiger partial charge on any atom is 1.00 e. The molecule has 0 N–H and O–H groups in total. The van der Waals surface area contributed by atoms with Crippen LogP contribution in [0.5, 0.6) is 0 Å². The molecule has 0 aromatic rings. The molecule has 0 saturated heterocycles. The minimum absolute atomic E-state index is 0. The maximum absolute atomic E-state index is 10.5. The molecule has 0 saturated carbocycles. The Balaban J connectivity index is -0.000000980. The Kier molecular flexibility index (Phi) is 16.2. The number of hydrogen-bond acceptors (Lipinski definition) is 5. The van der Waals surface area contributed by atoms with Gasteiger partial charge in [0, 0.05) is 12.0 Å². The summed E-state index contributed by atoms with van der Waals surface area (Å²) in [6.45, 7) is 7.18. The number of rotatable bonds is 7. The Hall–Kier alpha value is 0.900. The summed E-state index contributed by atoms with van der Waals surface area (Å²) in [6.07, 6.45) is 0.0202. The first-order valence-electron chi connectivity index (χ1n) is 5.09. The Labute approximate surface area is 147 Å². The molecule has 0 fully saturated rings. The van der Waals surface area contributed by atoms with E-state index in [9.17, 15) is 19.8 Å². The molecule has 0 aromatic carbocycles. The van der Waals surface area contributed by atoms with Gasteiger partial charge < -0.3 is 24.7 Å². The molecule has 0 radical (unpaired) electrons. The fourth-order valence-electron chi connectivity index (χ4n) is 1.63. The summed E-state index contributed by atoms with van der Waals surface area (Å²) < 4.78 is 0. The van der Waals surface area contributed by atoms with Gasteiger partial charge in [-0.15, -0.1) is 0 Å². The van der Waals surface area contributed by atoms with Gasteiger partial charge in [-0.25, -0.2) is 0 Å². The molecule has 1 unspecified atom stereocenters. The van der Waals surface area contributed by atoms with E-state index in [1.165, 1.54) is 0 Å². The van der Waals surface area contributed by atoms with Crippen molar-refractivity contribution < 1.29 is 78.9 Å². The van der Waals surface area contributed by atoms with Gasteiger partial charge in [-0.05, 0) is 26.4 Å². The summed E-state index contributed by atoms with van der Waals surface area (Å²) in [4.78, 5) is 23.0. The van der Waals surface area contributed by atoms with Gasteiger partial charge >= 0.3 is 59.1 Å². The van der Waals surface area contributed by atoms with Crippen molar-refractivity contribution in [3.63, 3.8) is 0 Å². The maximum atomic E-state index is 10.5. The van der Waals surface area contributed by atoms with Crippen LogP contribution in [0.25, 0.3) is 0 Å². The van der Waals surface area contributed by atoms with Crippen molar-refractivity contribution in [3.05, 3.63) is 0 Å². The molecule has 88 valence electrons. The molecule has 0 rings (SSSR count). The van der Waals surface area contributed by atoms with Crippen molar-refractivity contribution in [2.45, 2.75) is 33.2 Å². The van der Waals surface area contributed by atoms with Crippen LogP contribution < -0.4 is 69.3 Å². The Bertz CT molecular complexity index is 220. The zero-order valence-corrected chi connectivity index (χ0v) is 15.4. The van der Waals surface area contributed by atoms with Crippen molar-refractivity contribution in [2.24, 2.45) is 5.92 Å². The number of hydrogen-bond donors (Lipinski definition) is 0. The minimum atomic E-state index is -1.57. The van der Waals surface area contributed by atoms with Crippen LogP contribution in [0, 0.1) is 5.92 Å². The third-order valence-corrected chi connectivity index (χ3v) is 2.58. The van der Waals surface area contributed by atoms with E-state index in [1.807, 2.05) is 18.7 Å². The molecule has 5 nitrogen and oxygen atoms in total. The van der Waals surface area contributed by atoms with Crippen LogP contribution >= 0.6 is 0 Å². The van der Waals surface area contributed by atoms with E-state index in [4.69, 9.17) is 0 Å². The molecule has 7 heteroatoms. The van der Waals surface area contributed by atoms with E-state index < -0.39 is 17.9 Å². The predicted octanol–water partition coefficient (Wildman–Crippen LogP) is -7.77. The predicted molar refractivity (Wildman–Crippen MR) is 50.5 cm³/mol. The standard InChI is InChI=1S/C10H19NO4.2Na/c1-4-11(5-2)7(3)6-8(9(12)13)10(14)15;;/h7-8H,4-6H2,1-3H3,(H,12,13)(H,14,15);;/q;2*+1/p-2. The third-order valence-electron chi connectivity index (χ3n) is 2.58. The molecule has 1 atom stereocenters. The van der Waals surface area contributed by atoms with Crippen LogP contribution in [0.1, 0.15) is 27.2 Å². The number of carbonyl (C=O) groups excluding carboxylic acids is 2. The van der Waals surface area contributed by atoms with Gasteiger partial charge in [0.2, 0.25) is 0 Å². The van der Waals surface area contributed by atoms with Crippen molar-refractivity contribution >= 4 is 11.9 Å². The zero-order chi connectivity index (χ0) is 12.0. The SMILES string of the molecule is CCN(CC)C(C)CC(C(=O)[O-])C(=O)[O-].[Na+].[Na+]. The number of nitrogens with zero attached hydrogens (tertiary/aromatic N) is 1. The van der Waals surface area contributed by atoms with Crippen molar-refractivity contribution in [1.82, 2.24) is 4.90 Å². The van der Waals surface area contributed by atoms with Crippen LogP contribution in [-0.2, 0) is 9.59 Å². The number of carboxylic acids is 2. The Morgan fingerprint density at radius 1 is 1.06 bits per heavy atom. The fourth-order valence-corrected chi connectivity index (χ4v) is 1.63. The number of carboxylic acid groups (broad SMARTS) is 2. The fraction of sp³-hybridized carbons (Fsp3) is 0.800. The molecule has 0 aliphatic rings. The largest absolute Gasteiger partial charge is 1.00 e. The minimum Gasteiger partial charge on any atom is -0.549 e. The molecule has 0 spiro atoms. The molecule has 0 amide bonds. The summed E-state index contributed by atoms with van der Waals surface area (Å²) in [5, 5.41) is 21.1. The Morgan fingerprint density at radius 3 is 1.65 bits per heavy atom. The molecule has 0 aliphatic heterocycles. The van der Waals surface area contributed by atoms with E-state index >= 15 is 0 Å². The average molecular weight is 261 g/mol. The summed E-state index contributed by atoms with van der Waals surface area (Å²) in [6, 6.07) is -0.110. The first kappa shape index (κ1) is 23.0. The summed E-state index contributed by atoms with van der Waals surface area (Å²) in [7, 11) is 0. The Morgan fingerprint density at radius 2 is 1.41 bits per heavy atom. The van der Waals surface area contributed by atoms with Crippen LogP contribution in [-0.4, -0.2) is 36.0 Å². The topological polar surface area (TPSA) is 83.5 Å². The smallest absolute Gasteiger partial charge is 0.549 e. The summed E-state index contributed by atoms with van der Waals surface area (Å²) in [5.41, 5.74) is 0. The molecule has 0 aromatic heterocycles. The molecular formula is C10H17NNa2O4. The zero-order valence-electron chi connectivity index (χ0n) is 11.4. The van der Waals surface area contributed by atoms with Crippen LogP contribution in [0.4, 0.5) is 0 Å². The van der Waals surface area contributed by atoms with Gasteiger partial charge in [-0.1, -0.05) is 13.8 Å². The quantitative estimate of drug-likeness (QED) is 0.336. The van der Waals surface area contributed by atoms with E-state index in [1.54, 1.807) is 6.92 Å². The summed E-state index contributed by atoms with van der Waals surface area (Å²) >= 11 is 0. The second-order valence-corrected chi connectivity index (χ2v) is 3.50. The monoisotopic (exact) mass is 261 g/mol. The first-order chi connectivity index (χ1) is 6.93. The molecule has 17 heavy (non-hydrogen) atoms. The van der Waals surface area contributed by atoms with Gasteiger partial charge in [0.15, 0.2) is 0 Å². The first-order valence-corrected chi connectivity index (χ1v) is 5.09. The number of carbonyl (C=O) groups is 2.